The van der Waals surface area contributed by atoms with Crippen LogP contribution in [0.25, 0.3) is 0 Å². The normalized spacial score (nSPS) is 20.7. The third-order valence-electron chi connectivity index (χ3n) is 2.70. The molecule has 0 aliphatic carbocycles. The first-order valence-electron chi connectivity index (χ1n) is 5.22. The van der Waals surface area contributed by atoms with E-state index in [0.717, 1.165) is 25.2 Å². The summed E-state index contributed by atoms with van der Waals surface area (Å²) >= 11 is 6.13. The quantitative estimate of drug-likeness (QED) is 0.711. The topological polar surface area (TPSA) is 67.2 Å². The predicted molar refractivity (Wildman–Crippen MR) is 63.6 cm³/mol. The summed E-state index contributed by atoms with van der Waals surface area (Å²) in [5.74, 6) is -0.455. The maximum Gasteiger partial charge on any atom is 0.248 e. The predicted octanol–water partition coefficient (Wildman–Crippen LogP) is 0.673. The molecule has 0 aromatic heterocycles. The number of hydrogen-bond acceptors (Lipinski definition) is 3. The van der Waals surface area contributed by atoms with Crippen molar-refractivity contribution in [2.75, 3.05) is 19.6 Å². The van der Waals surface area contributed by atoms with E-state index >= 15 is 0 Å². The second-order valence-electron chi connectivity index (χ2n) is 3.81. The second-order valence-corrected chi connectivity index (χ2v) is 4.22. The minimum atomic E-state index is -0.455. The van der Waals surface area contributed by atoms with E-state index in [1.807, 2.05) is 6.07 Å². The fraction of sp³-hybridized carbons (Fsp3) is 0.364. The van der Waals surface area contributed by atoms with Crippen molar-refractivity contribution >= 4 is 17.5 Å². The number of halogens is 1. The van der Waals surface area contributed by atoms with Crippen LogP contribution >= 0.6 is 11.6 Å². The standard InChI is InChI=1S/C11H14ClN3O/c12-9-5-7(11(13)16)1-2-8(9)10-6-14-3-4-15-10/h1-2,5,10,14-15H,3-4,6H2,(H2,13,16). The second kappa shape index (κ2) is 4.82. The Balaban J connectivity index is 2.24. The molecular weight excluding hydrogens is 226 g/mol. The molecule has 1 aromatic rings. The Bertz CT molecular complexity index is 402. The van der Waals surface area contributed by atoms with Crippen LogP contribution in [0.4, 0.5) is 0 Å². The van der Waals surface area contributed by atoms with Crippen molar-refractivity contribution in [1.29, 1.82) is 0 Å². The summed E-state index contributed by atoms with van der Waals surface area (Å²) in [6, 6.07) is 5.38. The number of piperazine rings is 1. The Hall–Kier alpha value is -1.10. The number of carbonyl (C=O) groups excluding carboxylic acids is 1. The minimum absolute atomic E-state index is 0.197. The number of primary amides is 1. The molecule has 16 heavy (non-hydrogen) atoms. The van der Waals surface area contributed by atoms with Crippen LogP contribution in [0.2, 0.25) is 5.02 Å². The third kappa shape index (κ3) is 2.35. The lowest BCUT2D eigenvalue weighted by atomic mass is 10.0. The molecule has 1 fully saturated rings. The van der Waals surface area contributed by atoms with E-state index in [2.05, 4.69) is 10.6 Å². The molecule has 1 atom stereocenters. The molecule has 0 bridgehead atoms. The third-order valence-corrected chi connectivity index (χ3v) is 3.03. The largest absolute Gasteiger partial charge is 0.366 e. The number of benzene rings is 1. The van der Waals surface area contributed by atoms with Crippen molar-refractivity contribution in [3.63, 3.8) is 0 Å². The molecule has 4 N–H and O–H groups in total. The first-order chi connectivity index (χ1) is 7.68. The van der Waals surface area contributed by atoms with Gasteiger partial charge in [-0.15, -0.1) is 0 Å². The van der Waals surface area contributed by atoms with Crippen LogP contribution in [0, 0.1) is 0 Å². The monoisotopic (exact) mass is 239 g/mol. The van der Waals surface area contributed by atoms with Gasteiger partial charge in [-0.3, -0.25) is 4.79 Å². The van der Waals surface area contributed by atoms with Crippen LogP contribution in [0.15, 0.2) is 18.2 Å². The molecular formula is C11H14ClN3O. The van der Waals surface area contributed by atoms with Crippen LogP contribution in [0.1, 0.15) is 22.0 Å². The fourth-order valence-electron chi connectivity index (χ4n) is 1.84. The lowest BCUT2D eigenvalue weighted by Crippen LogP contribution is -2.42. The summed E-state index contributed by atoms with van der Waals surface area (Å²) < 4.78 is 0. The molecule has 1 amide bonds. The molecule has 1 unspecified atom stereocenters. The van der Waals surface area contributed by atoms with Gasteiger partial charge in [0.05, 0.1) is 0 Å². The van der Waals surface area contributed by atoms with E-state index in [4.69, 9.17) is 17.3 Å². The molecule has 2 rings (SSSR count). The molecule has 0 saturated carbocycles. The van der Waals surface area contributed by atoms with Gasteiger partial charge in [0.15, 0.2) is 0 Å². The number of nitrogens with one attached hydrogen (secondary N) is 2. The summed E-state index contributed by atoms with van der Waals surface area (Å²) in [6.07, 6.45) is 0. The zero-order valence-electron chi connectivity index (χ0n) is 8.79. The Kier molecular flexibility index (Phi) is 3.43. The van der Waals surface area contributed by atoms with Crippen molar-refractivity contribution in [1.82, 2.24) is 10.6 Å². The maximum absolute atomic E-state index is 11.0. The Morgan fingerprint density at radius 2 is 2.25 bits per heavy atom. The van der Waals surface area contributed by atoms with Crippen molar-refractivity contribution in [2.45, 2.75) is 6.04 Å². The van der Waals surface area contributed by atoms with E-state index in [1.54, 1.807) is 12.1 Å². The van der Waals surface area contributed by atoms with Crippen molar-refractivity contribution in [3.05, 3.63) is 34.3 Å². The molecule has 0 radical (unpaired) electrons. The highest BCUT2D eigenvalue weighted by molar-refractivity contribution is 6.31. The van der Waals surface area contributed by atoms with Gasteiger partial charge in [-0.1, -0.05) is 17.7 Å². The molecule has 1 heterocycles. The van der Waals surface area contributed by atoms with Gasteiger partial charge in [0, 0.05) is 36.3 Å². The molecule has 1 aliphatic rings. The van der Waals surface area contributed by atoms with Crippen molar-refractivity contribution in [2.24, 2.45) is 5.73 Å². The lowest BCUT2D eigenvalue weighted by molar-refractivity contribution is 0.100. The summed E-state index contributed by atoms with van der Waals surface area (Å²) in [4.78, 5) is 11.0. The van der Waals surface area contributed by atoms with Gasteiger partial charge in [-0.05, 0) is 17.7 Å². The number of rotatable bonds is 2. The number of carbonyl (C=O) groups is 1. The zero-order valence-corrected chi connectivity index (χ0v) is 9.55. The van der Waals surface area contributed by atoms with Gasteiger partial charge in [-0.2, -0.15) is 0 Å². The van der Waals surface area contributed by atoms with Crippen LogP contribution in [-0.4, -0.2) is 25.5 Å². The molecule has 1 aliphatic heterocycles. The van der Waals surface area contributed by atoms with Gasteiger partial charge >= 0.3 is 0 Å². The average molecular weight is 240 g/mol. The summed E-state index contributed by atoms with van der Waals surface area (Å²) in [7, 11) is 0. The van der Waals surface area contributed by atoms with E-state index < -0.39 is 5.91 Å². The SMILES string of the molecule is NC(=O)c1ccc(C2CNCCN2)c(Cl)c1. The molecule has 1 saturated heterocycles. The smallest absolute Gasteiger partial charge is 0.248 e. The highest BCUT2D eigenvalue weighted by Gasteiger charge is 2.17. The molecule has 1 aromatic carbocycles. The number of hydrogen-bond donors (Lipinski definition) is 3. The summed E-state index contributed by atoms with van der Waals surface area (Å²) in [6.45, 7) is 2.72. The van der Waals surface area contributed by atoms with Gasteiger partial charge in [-0.25, -0.2) is 0 Å². The first-order valence-corrected chi connectivity index (χ1v) is 5.59. The molecule has 5 heteroatoms. The Labute approximate surface area is 99.2 Å². The van der Waals surface area contributed by atoms with E-state index in [1.165, 1.54) is 0 Å². The Morgan fingerprint density at radius 1 is 1.44 bits per heavy atom. The van der Waals surface area contributed by atoms with E-state index in [0.29, 0.717) is 10.6 Å². The van der Waals surface area contributed by atoms with Crippen LogP contribution in [-0.2, 0) is 0 Å². The van der Waals surface area contributed by atoms with Gasteiger partial charge < -0.3 is 16.4 Å². The molecule has 0 spiro atoms. The van der Waals surface area contributed by atoms with Crippen molar-refractivity contribution < 1.29 is 4.79 Å². The Morgan fingerprint density at radius 3 is 2.81 bits per heavy atom. The average Bonchev–Trinajstić information content (AvgIpc) is 2.30. The first kappa shape index (κ1) is 11.4. The fourth-order valence-corrected chi connectivity index (χ4v) is 2.15. The number of amides is 1. The highest BCUT2D eigenvalue weighted by Crippen LogP contribution is 2.24. The highest BCUT2D eigenvalue weighted by atomic mass is 35.5. The summed E-state index contributed by atoms with van der Waals surface area (Å²) in [5, 5.41) is 7.23. The van der Waals surface area contributed by atoms with Gasteiger partial charge in [0.2, 0.25) is 5.91 Å². The molecule has 4 nitrogen and oxygen atoms in total. The van der Waals surface area contributed by atoms with Crippen LogP contribution in [0.3, 0.4) is 0 Å². The van der Waals surface area contributed by atoms with Crippen LogP contribution in [0.5, 0.6) is 0 Å². The minimum Gasteiger partial charge on any atom is -0.366 e. The van der Waals surface area contributed by atoms with E-state index in [-0.39, 0.29) is 6.04 Å². The zero-order chi connectivity index (χ0) is 11.5. The lowest BCUT2D eigenvalue weighted by Gasteiger charge is -2.25. The van der Waals surface area contributed by atoms with Crippen molar-refractivity contribution in [3.8, 4) is 0 Å². The van der Waals surface area contributed by atoms with Crippen LogP contribution < -0.4 is 16.4 Å². The summed E-state index contributed by atoms with van der Waals surface area (Å²) in [5.41, 5.74) is 6.63. The molecule has 86 valence electrons. The maximum atomic E-state index is 11.0. The van der Waals surface area contributed by atoms with E-state index in [9.17, 15) is 4.79 Å². The van der Waals surface area contributed by atoms with Gasteiger partial charge in [0.25, 0.3) is 0 Å². The number of nitrogens with two attached hydrogens (primary N) is 1. The van der Waals surface area contributed by atoms with Gasteiger partial charge in [0.1, 0.15) is 0 Å².